The van der Waals surface area contributed by atoms with Crippen LogP contribution in [0.15, 0.2) is 18.5 Å². The lowest BCUT2D eigenvalue weighted by Gasteiger charge is -2.07. The lowest BCUT2D eigenvalue weighted by atomic mass is 10.1. The van der Waals surface area contributed by atoms with E-state index < -0.39 is 0 Å². The zero-order valence-corrected chi connectivity index (χ0v) is 10.4. The van der Waals surface area contributed by atoms with E-state index in [4.69, 9.17) is 5.73 Å². The number of hydrogen-bond acceptors (Lipinski definition) is 3. The van der Waals surface area contributed by atoms with Gasteiger partial charge in [-0.15, -0.1) is 0 Å². The third-order valence-electron chi connectivity index (χ3n) is 2.72. The molecular weight excluding hydrogens is 214 g/mol. The Morgan fingerprint density at radius 1 is 1.41 bits per heavy atom. The summed E-state index contributed by atoms with van der Waals surface area (Å²) in [5.41, 5.74) is 7.62. The maximum absolute atomic E-state index is 11.5. The fourth-order valence-electron chi connectivity index (χ4n) is 1.59. The lowest BCUT2D eigenvalue weighted by molar-refractivity contribution is -0.121. The molecule has 4 heteroatoms. The van der Waals surface area contributed by atoms with Crippen molar-refractivity contribution < 1.29 is 4.79 Å². The molecule has 0 aliphatic carbocycles. The minimum atomic E-state index is 0.109. The number of carbonyl (C=O) groups excluding carboxylic acids is 1. The summed E-state index contributed by atoms with van der Waals surface area (Å²) in [6, 6.07) is 1.93. The molecule has 17 heavy (non-hydrogen) atoms. The maximum Gasteiger partial charge on any atom is 0.220 e. The van der Waals surface area contributed by atoms with Gasteiger partial charge in [0.05, 0.1) is 0 Å². The predicted molar refractivity (Wildman–Crippen MR) is 68.3 cm³/mol. The van der Waals surface area contributed by atoms with Crippen LogP contribution < -0.4 is 11.1 Å². The van der Waals surface area contributed by atoms with E-state index in [-0.39, 0.29) is 5.91 Å². The Morgan fingerprint density at radius 3 is 2.94 bits per heavy atom. The Labute approximate surface area is 103 Å². The van der Waals surface area contributed by atoms with Gasteiger partial charge >= 0.3 is 0 Å². The largest absolute Gasteiger partial charge is 0.352 e. The molecule has 1 aromatic rings. The van der Waals surface area contributed by atoms with E-state index in [1.54, 1.807) is 6.20 Å². The van der Waals surface area contributed by atoms with Crippen LogP contribution in [0.4, 0.5) is 0 Å². The monoisotopic (exact) mass is 235 g/mol. The van der Waals surface area contributed by atoms with Crippen molar-refractivity contribution in [3.05, 3.63) is 29.6 Å². The zero-order chi connectivity index (χ0) is 12.5. The smallest absolute Gasteiger partial charge is 0.220 e. The van der Waals surface area contributed by atoms with Crippen LogP contribution in [0.25, 0.3) is 0 Å². The number of amides is 1. The first-order valence-corrected chi connectivity index (χ1v) is 6.10. The van der Waals surface area contributed by atoms with Crippen LogP contribution in [0.1, 0.15) is 36.8 Å². The second-order valence-corrected chi connectivity index (χ2v) is 4.18. The van der Waals surface area contributed by atoms with Gasteiger partial charge in [-0.05, 0) is 43.5 Å². The number of nitrogens with one attached hydrogen (secondary N) is 1. The van der Waals surface area contributed by atoms with Gasteiger partial charge in [-0.3, -0.25) is 9.78 Å². The molecule has 0 atom stereocenters. The highest BCUT2D eigenvalue weighted by molar-refractivity contribution is 5.75. The summed E-state index contributed by atoms with van der Waals surface area (Å²) < 4.78 is 0. The summed E-state index contributed by atoms with van der Waals surface area (Å²) in [6.07, 6.45) is 7.08. The summed E-state index contributed by atoms with van der Waals surface area (Å²) in [5.74, 6) is 0.109. The van der Waals surface area contributed by atoms with E-state index in [1.807, 2.05) is 19.2 Å². The van der Waals surface area contributed by atoms with Crippen molar-refractivity contribution >= 4 is 5.91 Å². The van der Waals surface area contributed by atoms with Gasteiger partial charge in [0, 0.05) is 25.4 Å². The van der Waals surface area contributed by atoms with Gasteiger partial charge in [-0.2, -0.15) is 0 Å². The van der Waals surface area contributed by atoms with E-state index >= 15 is 0 Å². The molecule has 0 saturated carbocycles. The van der Waals surface area contributed by atoms with Crippen LogP contribution >= 0.6 is 0 Å². The second-order valence-electron chi connectivity index (χ2n) is 4.18. The van der Waals surface area contributed by atoms with Gasteiger partial charge in [0.15, 0.2) is 0 Å². The first kappa shape index (κ1) is 13.6. The average Bonchev–Trinajstić information content (AvgIpc) is 2.34. The topological polar surface area (TPSA) is 68.0 Å². The van der Waals surface area contributed by atoms with E-state index in [9.17, 15) is 4.79 Å². The minimum Gasteiger partial charge on any atom is -0.352 e. The third-order valence-corrected chi connectivity index (χ3v) is 2.72. The Hall–Kier alpha value is -1.42. The van der Waals surface area contributed by atoms with Gasteiger partial charge in [-0.1, -0.05) is 6.42 Å². The summed E-state index contributed by atoms with van der Waals surface area (Å²) in [7, 11) is 0. The lowest BCUT2D eigenvalue weighted by Crippen LogP contribution is -2.22. The molecule has 0 spiro atoms. The van der Waals surface area contributed by atoms with Crippen molar-refractivity contribution in [1.29, 1.82) is 0 Å². The normalized spacial score (nSPS) is 10.2. The molecule has 0 radical (unpaired) electrons. The Morgan fingerprint density at radius 2 is 2.24 bits per heavy atom. The predicted octanol–water partition coefficient (Wildman–Crippen LogP) is 1.53. The molecule has 0 fully saturated rings. The van der Waals surface area contributed by atoms with Gasteiger partial charge in [-0.25, -0.2) is 0 Å². The van der Waals surface area contributed by atoms with Crippen LogP contribution in [-0.2, 0) is 11.3 Å². The molecule has 3 N–H and O–H groups in total. The van der Waals surface area contributed by atoms with Gasteiger partial charge in [0.25, 0.3) is 0 Å². The van der Waals surface area contributed by atoms with Gasteiger partial charge in [0.2, 0.25) is 5.91 Å². The molecule has 1 amide bonds. The number of unbranched alkanes of at least 4 members (excludes halogenated alkanes) is 2. The SMILES string of the molecule is Cc1cnccc1CNC(=O)CCCCCN. The molecule has 0 aliphatic heterocycles. The molecule has 1 rings (SSSR count). The molecule has 0 unspecified atom stereocenters. The standard InChI is InChI=1S/C13H21N3O/c1-11-9-15-8-6-12(11)10-16-13(17)5-3-2-4-7-14/h6,8-9H,2-5,7,10,14H2,1H3,(H,16,17). The van der Waals surface area contributed by atoms with Crippen LogP contribution in [0.2, 0.25) is 0 Å². The Balaban J connectivity index is 2.22. The second kappa shape index (κ2) is 7.79. The van der Waals surface area contributed by atoms with Crippen molar-refractivity contribution in [2.45, 2.75) is 39.2 Å². The van der Waals surface area contributed by atoms with Crippen LogP contribution in [0, 0.1) is 6.92 Å². The fourth-order valence-corrected chi connectivity index (χ4v) is 1.59. The summed E-state index contributed by atoms with van der Waals surface area (Å²) in [5, 5.41) is 2.92. The molecular formula is C13H21N3O. The van der Waals surface area contributed by atoms with Crippen molar-refractivity contribution in [1.82, 2.24) is 10.3 Å². The molecule has 1 heterocycles. The van der Waals surface area contributed by atoms with Crippen molar-refractivity contribution in [2.75, 3.05) is 6.54 Å². The zero-order valence-electron chi connectivity index (χ0n) is 10.4. The van der Waals surface area contributed by atoms with Gasteiger partial charge in [0.1, 0.15) is 0 Å². The van der Waals surface area contributed by atoms with E-state index in [1.165, 1.54) is 0 Å². The summed E-state index contributed by atoms with van der Waals surface area (Å²) in [6.45, 7) is 3.29. The molecule has 0 aromatic carbocycles. The number of aromatic nitrogens is 1. The molecule has 1 aromatic heterocycles. The minimum absolute atomic E-state index is 0.109. The third kappa shape index (κ3) is 5.45. The Kier molecular flexibility index (Phi) is 6.25. The van der Waals surface area contributed by atoms with E-state index in [2.05, 4.69) is 10.3 Å². The van der Waals surface area contributed by atoms with E-state index in [0.717, 1.165) is 30.4 Å². The first-order valence-electron chi connectivity index (χ1n) is 6.10. The highest BCUT2D eigenvalue weighted by atomic mass is 16.1. The first-order chi connectivity index (χ1) is 8.24. The molecule has 0 bridgehead atoms. The number of rotatable bonds is 7. The fraction of sp³-hybridized carbons (Fsp3) is 0.538. The maximum atomic E-state index is 11.5. The number of nitrogens with two attached hydrogens (primary N) is 1. The molecule has 0 saturated heterocycles. The van der Waals surface area contributed by atoms with Crippen molar-refractivity contribution in [3.63, 3.8) is 0 Å². The molecule has 4 nitrogen and oxygen atoms in total. The Bertz CT molecular complexity index is 352. The number of aryl methyl sites for hydroxylation is 1. The van der Waals surface area contributed by atoms with Crippen LogP contribution in [0.5, 0.6) is 0 Å². The van der Waals surface area contributed by atoms with E-state index in [0.29, 0.717) is 19.5 Å². The quantitative estimate of drug-likeness (QED) is 0.704. The summed E-state index contributed by atoms with van der Waals surface area (Å²) in [4.78, 5) is 15.6. The average molecular weight is 235 g/mol. The van der Waals surface area contributed by atoms with Crippen LogP contribution in [-0.4, -0.2) is 17.4 Å². The number of hydrogen-bond donors (Lipinski definition) is 2. The van der Waals surface area contributed by atoms with Crippen molar-refractivity contribution in [2.24, 2.45) is 5.73 Å². The number of nitrogens with zero attached hydrogens (tertiary/aromatic N) is 1. The summed E-state index contributed by atoms with van der Waals surface area (Å²) >= 11 is 0. The molecule has 0 aliphatic rings. The highest BCUT2D eigenvalue weighted by Crippen LogP contribution is 2.05. The highest BCUT2D eigenvalue weighted by Gasteiger charge is 2.02. The van der Waals surface area contributed by atoms with Crippen LogP contribution in [0.3, 0.4) is 0 Å². The number of carbonyl (C=O) groups is 1. The van der Waals surface area contributed by atoms with Gasteiger partial charge < -0.3 is 11.1 Å². The number of pyridine rings is 1. The molecule has 94 valence electrons. The van der Waals surface area contributed by atoms with Crippen molar-refractivity contribution in [3.8, 4) is 0 Å².